The Morgan fingerprint density at radius 1 is 1.10 bits per heavy atom. The van der Waals surface area contributed by atoms with E-state index >= 15 is 0 Å². The van der Waals surface area contributed by atoms with E-state index in [2.05, 4.69) is 24.7 Å². The molecule has 4 aromatic rings. The lowest BCUT2D eigenvalue weighted by molar-refractivity contribution is 0.174. The number of aromatic nitrogens is 5. The topological polar surface area (TPSA) is 89.7 Å². The smallest absolute Gasteiger partial charge is 0.243 e. The Kier molecular flexibility index (Phi) is 4.37. The van der Waals surface area contributed by atoms with Crippen LogP contribution in [0.4, 0.5) is 11.1 Å². The van der Waals surface area contributed by atoms with Crippen LogP contribution >= 0.6 is 11.5 Å². The van der Waals surface area contributed by atoms with Gasteiger partial charge in [0.05, 0.1) is 0 Å². The maximum atomic E-state index is 5.53. The molecule has 1 saturated heterocycles. The predicted octanol–water partition coefficient (Wildman–Crippen LogP) is 3.37. The second-order valence-electron chi connectivity index (χ2n) is 7.72. The fraction of sp³-hybridized carbons (Fsp3) is 0.333. The molecule has 158 valence electrons. The molecule has 0 unspecified atom stereocenters. The Morgan fingerprint density at radius 3 is 2.81 bits per heavy atom. The molecule has 31 heavy (non-hydrogen) atoms. The first-order valence-corrected chi connectivity index (χ1v) is 11.1. The molecule has 0 spiro atoms. The normalized spacial score (nSPS) is 16.2. The zero-order valence-corrected chi connectivity index (χ0v) is 17.8. The van der Waals surface area contributed by atoms with Crippen LogP contribution in [0.5, 0.6) is 11.5 Å². The van der Waals surface area contributed by atoms with Crippen molar-refractivity contribution in [2.75, 3.05) is 30.1 Å². The molecule has 9 nitrogen and oxygen atoms in total. The van der Waals surface area contributed by atoms with Gasteiger partial charge in [0.2, 0.25) is 17.9 Å². The molecule has 0 saturated carbocycles. The zero-order chi connectivity index (χ0) is 20.8. The lowest BCUT2D eigenvalue weighted by Crippen LogP contribution is -2.39. The Labute approximate surface area is 182 Å². The molecular weight excluding hydrogens is 414 g/mol. The van der Waals surface area contributed by atoms with E-state index in [9.17, 15) is 0 Å². The number of ether oxygens (including phenoxy) is 2. The van der Waals surface area contributed by atoms with Crippen molar-refractivity contribution in [1.82, 2.24) is 24.0 Å². The molecule has 0 amide bonds. The number of benzene rings is 1. The van der Waals surface area contributed by atoms with Gasteiger partial charge in [0.15, 0.2) is 17.1 Å². The lowest BCUT2D eigenvalue weighted by Gasteiger charge is -2.31. The van der Waals surface area contributed by atoms with Gasteiger partial charge in [0.1, 0.15) is 5.82 Å². The molecule has 0 atom stereocenters. The highest BCUT2D eigenvalue weighted by molar-refractivity contribution is 7.09. The average Bonchev–Trinajstić information content (AvgIpc) is 3.52. The van der Waals surface area contributed by atoms with E-state index < -0.39 is 0 Å². The van der Waals surface area contributed by atoms with Crippen molar-refractivity contribution < 1.29 is 9.47 Å². The monoisotopic (exact) mass is 435 g/mol. The first-order chi connectivity index (χ1) is 15.2. The van der Waals surface area contributed by atoms with Crippen molar-refractivity contribution in [2.24, 2.45) is 0 Å². The summed E-state index contributed by atoms with van der Waals surface area (Å²) < 4.78 is 17.1. The molecule has 0 radical (unpaired) electrons. The van der Waals surface area contributed by atoms with Crippen LogP contribution < -0.4 is 19.7 Å². The molecule has 2 aliphatic rings. The van der Waals surface area contributed by atoms with Crippen molar-refractivity contribution in [3.63, 3.8) is 0 Å². The van der Waals surface area contributed by atoms with E-state index in [4.69, 9.17) is 14.5 Å². The molecule has 1 fully saturated rings. The number of nitrogens with zero attached hydrogens (tertiary/aromatic N) is 6. The number of pyridine rings is 1. The highest BCUT2D eigenvalue weighted by atomic mass is 32.1. The van der Waals surface area contributed by atoms with Crippen LogP contribution in [0, 0.1) is 6.92 Å². The number of aryl methyl sites for hydroxylation is 1. The molecule has 3 aromatic heterocycles. The van der Waals surface area contributed by atoms with Gasteiger partial charge in [0, 0.05) is 42.4 Å². The van der Waals surface area contributed by atoms with Gasteiger partial charge in [0.25, 0.3) is 0 Å². The van der Waals surface area contributed by atoms with Crippen molar-refractivity contribution in [1.29, 1.82) is 0 Å². The van der Waals surface area contributed by atoms with Crippen LogP contribution in [0.25, 0.3) is 16.8 Å². The summed E-state index contributed by atoms with van der Waals surface area (Å²) in [6.07, 6.45) is 3.93. The van der Waals surface area contributed by atoms with Gasteiger partial charge in [-0.1, -0.05) is 6.07 Å². The Bertz CT molecular complexity index is 1250. The maximum Gasteiger partial charge on any atom is 0.243 e. The standard InChI is InChI=1S/C21H21N7O2S/c1-13-22-21(31-26-13)27-9-6-15(7-10-27)23-20-24-19-16(3-2-8-28(19)25-20)14-4-5-17-18(11-14)30-12-29-17/h2-5,8,11,15H,6-7,9-10,12H2,1H3,(H,23,25). The third-order valence-corrected chi connectivity index (χ3v) is 6.53. The summed E-state index contributed by atoms with van der Waals surface area (Å²) in [6, 6.07) is 10.3. The van der Waals surface area contributed by atoms with Gasteiger partial charge >= 0.3 is 0 Å². The second kappa shape index (κ2) is 7.38. The molecule has 0 aliphatic carbocycles. The number of anilines is 2. The van der Waals surface area contributed by atoms with Crippen molar-refractivity contribution in [2.45, 2.75) is 25.8 Å². The first-order valence-electron chi connectivity index (χ1n) is 10.3. The molecule has 2 aliphatic heterocycles. The summed E-state index contributed by atoms with van der Waals surface area (Å²) in [7, 11) is 0. The third-order valence-electron chi connectivity index (χ3n) is 5.66. The third kappa shape index (κ3) is 3.42. The van der Waals surface area contributed by atoms with Crippen LogP contribution in [0.15, 0.2) is 36.5 Å². The summed E-state index contributed by atoms with van der Waals surface area (Å²) in [5.41, 5.74) is 2.84. The maximum absolute atomic E-state index is 5.53. The minimum Gasteiger partial charge on any atom is -0.454 e. The van der Waals surface area contributed by atoms with Gasteiger partial charge in [-0.05, 0) is 49.6 Å². The number of hydrogen-bond donors (Lipinski definition) is 1. The SMILES string of the molecule is Cc1nsc(N2CCC(Nc3nc4c(-c5ccc6c(c5)OCO6)cccn4n3)CC2)n1. The average molecular weight is 436 g/mol. The van der Waals surface area contributed by atoms with Gasteiger partial charge in [-0.15, -0.1) is 5.10 Å². The fourth-order valence-corrected chi connectivity index (χ4v) is 4.79. The number of piperidine rings is 1. The van der Waals surface area contributed by atoms with E-state index in [0.29, 0.717) is 12.0 Å². The first kappa shape index (κ1) is 18.4. The summed E-state index contributed by atoms with van der Waals surface area (Å²) >= 11 is 1.47. The van der Waals surface area contributed by atoms with Gasteiger partial charge in [-0.2, -0.15) is 9.36 Å². The minimum atomic E-state index is 0.263. The molecule has 5 heterocycles. The molecule has 1 aromatic carbocycles. The largest absolute Gasteiger partial charge is 0.454 e. The van der Waals surface area contributed by atoms with Crippen molar-refractivity contribution >= 4 is 28.3 Å². The van der Waals surface area contributed by atoms with Crippen molar-refractivity contribution in [3.8, 4) is 22.6 Å². The number of hydrogen-bond acceptors (Lipinski definition) is 9. The molecule has 10 heteroatoms. The molecular formula is C21H21N7O2S. The number of fused-ring (bicyclic) bond motifs is 2. The quantitative estimate of drug-likeness (QED) is 0.522. The zero-order valence-electron chi connectivity index (χ0n) is 17.0. The summed E-state index contributed by atoms with van der Waals surface area (Å²) in [4.78, 5) is 11.6. The Morgan fingerprint density at radius 2 is 1.97 bits per heavy atom. The van der Waals surface area contributed by atoms with Gasteiger partial charge < -0.3 is 19.7 Å². The molecule has 1 N–H and O–H groups in total. The minimum absolute atomic E-state index is 0.263. The van der Waals surface area contributed by atoms with Gasteiger partial charge in [-0.25, -0.2) is 9.50 Å². The Hall–Kier alpha value is -3.40. The molecule has 0 bridgehead atoms. The second-order valence-corrected chi connectivity index (χ2v) is 8.45. The van der Waals surface area contributed by atoms with E-state index in [0.717, 1.165) is 65.2 Å². The van der Waals surface area contributed by atoms with Crippen LogP contribution in [-0.4, -0.2) is 49.9 Å². The summed E-state index contributed by atoms with van der Waals surface area (Å²) in [6.45, 7) is 4.09. The highest BCUT2D eigenvalue weighted by Crippen LogP contribution is 2.37. The summed E-state index contributed by atoms with van der Waals surface area (Å²) in [5, 5.41) is 9.18. The van der Waals surface area contributed by atoms with Crippen LogP contribution in [-0.2, 0) is 0 Å². The van der Waals surface area contributed by atoms with Gasteiger partial charge in [-0.3, -0.25) is 0 Å². The highest BCUT2D eigenvalue weighted by Gasteiger charge is 2.23. The molecule has 6 rings (SSSR count). The van der Waals surface area contributed by atoms with E-state index in [1.165, 1.54) is 11.5 Å². The van der Waals surface area contributed by atoms with E-state index in [-0.39, 0.29) is 6.79 Å². The number of rotatable bonds is 4. The summed E-state index contributed by atoms with van der Waals surface area (Å²) in [5.74, 6) is 3.02. The van der Waals surface area contributed by atoms with Crippen LogP contribution in [0.3, 0.4) is 0 Å². The number of nitrogens with one attached hydrogen (secondary N) is 1. The Balaban J connectivity index is 1.20. The van der Waals surface area contributed by atoms with Crippen molar-refractivity contribution in [3.05, 3.63) is 42.4 Å². The van der Waals surface area contributed by atoms with Crippen LogP contribution in [0.1, 0.15) is 18.7 Å². The fourth-order valence-electron chi connectivity index (χ4n) is 4.07. The predicted molar refractivity (Wildman–Crippen MR) is 118 cm³/mol. The lowest BCUT2D eigenvalue weighted by atomic mass is 10.1. The van der Waals surface area contributed by atoms with Crippen LogP contribution in [0.2, 0.25) is 0 Å². The van der Waals surface area contributed by atoms with E-state index in [1.807, 2.05) is 48.0 Å². The van der Waals surface area contributed by atoms with E-state index in [1.54, 1.807) is 0 Å².